The van der Waals surface area contributed by atoms with E-state index in [0.29, 0.717) is 16.5 Å². The van der Waals surface area contributed by atoms with Crippen LogP contribution in [0.4, 0.5) is 5.00 Å². The molecule has 1 aliphatic carbocycles. The minimum absolute atomic E-state index is 0.222. The van der Waals surface area contributed by atoms with Crippen LogP contribution in [0.2, 0.25) is 0 Å². The highest BCUT2D eigenvalue weighted by atomic mass is 32.1. The molecule has 0 aromatic carbocycles. The van der Waals surface area contributed by atoms with Crippen LogP contribution in [-0.2, 0) is 24.7 Å². The molecule has 0 saturated carbocycles. The van der Waals surface area contributed by atoms with E-state index in [-0.39, 0.29) is 11.3 Å². The number of nitrogens with zero attached hydrogens (tertiary/aromatic N) is 3. The summed E-state index contributed by atoms with van der Waals surface area (Å²) in [7, 11) is 1.87. The van der Waals surface area contributed by atoms with Crippen molar-refractivity contribution >= 4 is 28.3 Å². The molecule has 1 amide bonds. The smallest absolute Gasteiger partial charge is 0.249 e. The average Bonchev–Trinajstić information content (AvgIpc) is 3.11. The number of thiophene rings is 1. The number of amides is 1. The van der Waals surface area contributed by atoms with Crippen LogP contribution in [0.25, 0.3) is 6.08 Å². The lowest BCUT2D eigenvalue weighted by Gasteiger charge is -2.33. The fourth-order valence-electron chi connectivity index (χ4n) is 3.53. The van der Waals surface area contributed by atoms with E-state index in [1.54, 1.807) is 28.3 Å². The summed E-state index contributed by atoms with van der Waals surface area (Å²) < 4.78 is 1.77. The lowest BCUT2D eigenvalue weighted by molar-refractivity contribution is -0.111. The van der Waals surface area contributed by atoms with Gasteiger partial charge in [-0.05, 0) is 49.2 Å². The van der Waals surface area contributed by atoms with E-state index in [9.17, 15) is 10.1 Å². The maximum Gasteiger partial charge on any atom is 0.249 e. The topological polar surface area (TPSA) is 70.7 Å². The molecule has 2 heterocycles. The number of aromatic nitrogens is 2. The van der Waals surface area contributed by atoms with Gasteiger partial charge in [-0.2, -0.15) is 10.4 Å². The number of hydrogen-bond donors (Lipinski definition) is 1. The standard InChI is InChI=1S/C21H26N4OS/c1-13-14(12-23-25(13)5)6-9-19(26)24-20-17(11-22)16-8-7-15(21(2,3)4)10-18(16)27-20/h6,9,12,15H,7-8,10H2,1-5H3,(H,24,26)/b9-6+/t15-/m0/s1. The molecule has 0 fully saturated rings. The second kappa shape index (κ2) is 7.32. The second-order valence-electron chi connectivity index (χ2n) is 8.26. The Labute approximate surface area is 164 Å². The van der Waals surface area contributed by atoms with Crippen LogP contribution < -0.4 is 5.32 Å². The number of nitrogens with one attached hydrogen (secondary N) is 1. The number of aryl methyl sites for hydroxylation is 1. The van der Waals surface area contributed by atoms with Crippen molar-refractivity contribution in [3.8, 4) is 6.07 Å². The first-order valence-electron chi connectivity index (χ1n) is 9.23. The Morgan fingerprint density at radius 1 is 1.48 bits per heavy atom. The van der Waals surface area contributed by atoms with Crippen molar-refractivity contribution in [3.63, 3.8) is 0 Å². The van der Waals surface area contributed by atoms with Gasteiger partial charge in [-0.15, -0.1) is 11.3 Å². The molecular formula is C21H26N4OS. The number of anilines is 1. The molecule has 1 atom stereocenters. The predicted molar refractivity (Wildman–Crippen MR) is 110 cm³/mol. The molecule has 0 spiro atoms. The molecule has 0 saturated heterocycles. The van der Waals surface area contributed by atoms with Crippen LogP contribution >= 0.6 is 11.3 Å². The van der Waals surface area contributed by atoms with Crippen molar-refractivity contribution in [2.45, 2.75) is 47.0 Å². The maximum absolute atomic E-state index is 12.4. The highest BCUT2D eigenvalue weighted by Gasteiger charge is 2.32. The lowest BCUT2D eigenvalue weighted by Crippen LogP contribution is -2.26. The number of hydrogen-bond acceptors (Lipinski definition) is 4. The molecule has 0 aliphatic heterocycles. The summed E-state index contributed by atoms with van der Waals surface area (Å²) in [4.78, 5) is 13.6. The van der Waals surface area contributed by atoms with Crippen LogP contribution in [0.1, 0.15) is 54.5 Å². The van der Waals surface area contributed by atoms with Gasteiger partial charge < -0.3 is 5.32 Å². The monoisotopic (exact) mass is 382 g/mol. The number of carbonyl (C=O) groups excluding carboxylic acids is 1. The van der Waals surface area contributed by atoms with Gasteiger partial charge in [0.1, 0.15) is 11.1 Å². The molecule has 142 valence electrons. The molecule has 0 unspecified atom stereocenters. The van der Waals surface area contributed by atoms with Crippen molar-refractivity contribution in [1.82, 2.24) is 9.78 Å². The first-order valence-corrected chi connectivity index (χ1v) is 10.0. The van der Waals surface area contributed by atoms with Gasteiger partial charge in [0.15, 0.2) is 0 Å². The highest BCUT2D eigenvalue weighted by molar-refractivity contribution is 7.16. The van der Waals surface area contributed by atoms with Crippen LogP contribution in [0.15, 0.2) is 12.3 Å². The van der Waals surface area contributed by atoms with Crippen LogP contribution in [0.3, 0.4) is 0 Å². The van der Waals surface area contributed by atoms with E-state index < -0.39 is 0 Å². The Morgan fingerprint density at radius 3 is 2.81 bits per heavy atom. The molecule has 0 radical (unpaired) electrons. The van der Waals surface area contributed by atoms with E-state index in [1.165, 1.54) is 11.0 Å². The summed E-state index contributed by atoms with van der Waals surface area (Å²) in [5.74, 6) is 0.382. The largest absolute Gasteiger partial charge is 0.313 e. The summed E-state index contributed by atoms with van der Waals surface area (Å²) in [5, 5.41) is 17.4. The minimum atomic E-state index is -0.222. The normalized spacial score (nSPS) is 17.0. The minimum Gasteiger partial charge on any atom is -0.313 e. The Hall–Kier alpha value is -2.39. The highest BCUT2D eigenvalue weighted by Crippen LogP contribution is 2.43. The fraction of sp³-hybridized carbons (Fsp3) is 0.476. The van der Waals surface area contributed by atoms with Gasteiger partial charge >= 0.3 is 0 Å². The zero-order valence-electron chi connectivity index (χ0n) is 16.6. The van der Waals surface area contributed by atoms with E-state index >= 15 is 0 Å². The van der Waals surface area contributed by atoms with Crippen molar-refractivity contribution in [1.29, 1.82) is 5.26 Å². The van der Waals surface area contributed by atoms with Crippen LogP contribution in [-0.4, -0.2) is 15.7 Å². The van der Waals surface area contributed by atoms with Crippen molar-refractivity contribution in [2.24, 2.45) is 18.4 Å². The summed E-state index contributed by atoms with van der Waals surface area (Å²) in [6, 6.07) is 2.31. The van der Waals surface area contributed by atoms with Gasteiger partial charge in [0, 0.05) is 29.3 Å². The third-order valence-corrected chi connectivity index (χ3v) is 6.70. The average molecular weight is 383 g/mol. The van der Waals surface area contributed by atoms with E-state index in [4.69, 9.17) is 0 Å². The quantitative estimate of drug-likeness (QED) is 0.797. The Morgan fingerprint density at radius 2 is 2.22 bits per heavy atom. The number of rotatable bonds is 3. The van der Waals surface area contributed by atoms with E-state index in [1.807, 2.05) is 14.0 Å². The third kappa shape index (κ3) is 3.98. The van der Waals surface area contributed by atoms with E-state index in [0.717, 1.165) is 36.1 Å². The van der Waals surface area contributed by atoms with Gasteiger partial charge in [-0.3, -0.25) is 9.48 Å². The molecule has 1 N–H and O–H groups in total. The Balaban J connectivity index is 1.78. The van der Waals surface area contributed by atoms with E-state index in [2.05, 4.69) is 37.3 Å². The molecule has 27 heavy (non-hydrogen) atoms. The second-order valence-corrected chi connectivity index (χ2v) is 9.36. The Bertz CT molecular complexity index is 937. The van der Waals surface area contributed by atoms with Crippen LogP contribution in [0.5, 0.6) is 0 Å². The number of carbonyl (C=O) groups is 1. The Kier molecular flexibility index (Phi) is 5.25. The molecule has 6 heteroatoms. The molecule has 3 rings (SSSR count). The zero-order valence-corrected chi connectivity index (χ0v) is 17.4. The summed E-state index contributed by atoms with van der Waals surface area (Å²) in [6.45, 7) is 8.78. The summed E-state index contributed by atoms with van der Waals surface area (Å²) in [5.41, 5.74) is 3.93. The summed E-state index contributed by atoms with van der Waals surface area (Å²) in [6.07, 6.45) is 7.98. The zero-order chi connectivity index (χ0) is 19.8. The van der Waals surface area contributed by atoms with Gasteiger partial charge in [-0.1, -0.05) is 20.8 Å². The van der Waals surface area contributed by atoms with Crippen molar-refractivity contribution in [2.75, 3.05) is 5.32 Å². The van der Waals surface area contributed by atoms with Crippen molar-refractivity contribution < 1.29 is 4.79 Å². The molecule has 2 aromatic heterocycles. The SMILES string of the molecule is Cc1c(/C=C/C(=O)Nc2sc3c(c2C#N)CC[C@H](C(C)(C)C)C3)cnn1C. The number of fused-ring (bicyclic) bond motifs is 1. The fourth-order valence-corrected chi connectivity index (χ4v) is 4.81. The molecule has 1 aliphatic rings. The first kappa shape index (κ1) is 19.4. The molecule has 5 nitrogen and oxygen atoms in total. The van der Waals surface area contributed by atoms with Gasteiger partial charge in [-0.25, -0.2) is 0 Å². The van der Waals surface area contributed by atoms with Gasteiger partial charge in [0.2, 0.25) is 5.91 Å². The molecule has 2 aromatic rings. The molecular weight excluding hydrogens is 356 g/mol. The van der Waals surface area contributed by atoms with Crippen LogP contribution in [0, 0.1) is 29.6 Å². The number of nitriles is 1. The first-order chi connectivity index (χ1) is 12.7. The third-order valence-electron chi connectivity index (χ3n) is 5.53. The molecule has 0 bridgehead atoms. The summed E-state index contributed by atoms with van der Waals surface area (Å²) >= 11 is 1.56. The predicted octanol–water partition coefficient (Wildman–Crippen LogP) is 4.46. The van der Waals surface area contributed by atoms with Gasteiger partial charge in [0.25, 0.3) is 0 Å². The maximum atomic E-state index is 12.4. The van der Waals surface area contributed by atoms with Crippen molar-refractivity contribution in [3.05, 3.63) is 39.5 Å². The lowest BCUT2D eigenvalue weighted by atomic mass is 9.72. The van der Waals surface area contributed by atoms with Gasteiger partial charge in [0.05, 0.1) is 11.8 Å².